The first kappa shape index (κ1) is 80.7. The minimum atomic E-state index is -5.82. The van der Waals surface area contributed by atoms with E-state index in [9.17, 15) is 70.1 Å². The summed E-state index contributed by atoms with van der Waals surface area (Å²) in [5, 5.41) is 28.8. The number of hydrogen-bond acceptors (Lipinski definition) is 16. The lowest BCUT2D eigenvalue weighted by atomic mass is 9.52. The highest BCUT2D eigenvalue weighted by atomic mass is 19.4. The van der Waals surface area contributed by atoms with Crippen LogP contribution in [0.3, 0.4) is 0 Å². The summed E-state index contributed by atoms with van der Waals surface area (Å²) in [6, 6.07) is 5.90. The lowest BCUT2D eigenvalue weighted by molar-refractivity contribution is -0.387. The lowest BCUT2D eigenvalue weighted by Gasteiger charge is -2.59. The number of alkyl halides is 6. The number of rotatable bonds is 18. The summed E-state index contributed by atoms with van der Waals surface area (Å²) in [7, 11) is 0. The molecule has 0 aromatic heterocycles. The summed E-state index contributed by atoms with van der Waals surface area (Å²) in [5.74, 6) is 2.16. The first-order chi connectivity index (χ1) is 46.1. The normalized spacial score (nSPS) is 34.2. The molecule has 10 bridgehead atoms. The second-order valence-electron chi connectivity index (χ2n) is 34.7. The third kappa shape index (κ3) is 16.4. The van der Waals surface area contributed by atoms with Crippen molar-refractivity contribution in [3.05, 3.63) is 29.8 Å². The Morgan fingerprint density at radius 2 is 1.07 bits per heavy atom. The predicted octanol–water partition coefficient (Wildman–Crippen LogP) is 16.0. The van der Waals surface area contributed by atoms with E-state index in [-0.39, 0.29) is 88.7 Å². The van der Waals surface area contributed by atoms with Crippen molar-refractivity contribution >= 4 is 41.8 Å². The molecule has 12 aliphatic rings. The summed E-state index contributed by atoms with van der Waals surface area (Å²) in [4.78, 5) is 83.2. The molecule has 3 saturated heterocycles. The van der Waals surface area contributed by atoms with Crippen LogP contribution in [-0.2, 0) is 57.2 Å². The van der Waals surface area contributed by atoms with Gasteiger partial charge in [0, 0.05) is 18.3 Å². The minimum absolute atomic E-state index is 0.0455. The number of carbonyl (C=O) groups excluding carboxylic acids is 6. The number of aliphatic hydroxyl groups is 2. The topological polar surface area (TPSA) is 245 Å². The van der Waals surface area contributed by atoms with Gasteiger partial charge in [-0.3, -0.25) is 28.8 Å². The van der Waals surface area contributed by atoms with E-state index in [0.717, 1.165) is 81.0 Å². The van der Waals surface area contributed by atoms with E-state index < -0.39 is 94.2 Å². The molecule has 17 nitrogen and oxygen atoms in total. The molecule has 100 heavy (non-hydrogen) atoms. The van der Waals surface area contributed by atoms with E-state index in [4.69, 9.17) is 38.3 Å². The maximum atomic E-state index is 12.8. The fourth-order valence-corrected chi connectivity index (χ4v) is 18.1. The van der Waals surface area contributed by atoms with Gasteiger partial charge in [0.15, 0.2) is 12.2 Å². The number of hydrogen-bond donors (Lipinski definition) is 3. The maximum Gasteiger partial charge on any atom is 0.426 e. The molecule has 3 N–H and O–H groups in total. The lowest BCUT2D eigenvalue weighted by Crippen LogP contribution is -2.62. The first-order valence-electron chi connectivity index (χ1n) is 37.0. The van der Waals surface area contributed by atoms with Crippen LogP contribution in [0.4, 0.5) is 26.3 Å². The Kier molecular flexibility index (Phi) is 23.8. The Labute approximate surface area is 587 Å². The first-order valence-corrected chi connectivity index (χ1v) is 37.0. The molecule has 0 amide bonds. The third-order valence-corrected chi connectivity index (χ3v) is 26.0. The van der Waals surface area contributed by atoms with Crippen LogP contribution in [0.25, 0.3) is 0 Å². The van der Waals surface area contributed by atoms with Crippen molar-refractivity contribution in [2.75, 3.05) is 0 Å². The molecule has 1 aromatic carbocycles. The number of carboxylic acids is 1. The van der Waals surface area contributed by atoms with Gasteiger partial charge in [-0.1, -0.05) is 47.6 Å². The van der Waals surface area contributed by atoms with Gasteiger partial charge >= 0.3 is 54.1 Å². The Morgan fingerprint density at radius 1 is 0.570 bits per heavy atom. The van der Waals surface area contributed by atoms with Crippen LogP contribution < -0.4 is 4.74 Å². The molecular formula is C77H114F6O17. The molecule has 1 aromatic rings. The number of aromatic carboxylic acids is 1. The third-order valence-electron chi connectivity index (χ3n) is 26.0. The van der Waals surface area contributed by atoms with Gasteiger partial charge in [0.2, 0.25) is 0 Å². The van der Waals surface area contributed by atoms with Crippen molar-refractivity contribution < 1.29 is 108 Å². The summed E-state index contributed by atoms with van der Waals surface area (Å²) in [6.45, 7) is 30.5. The second kappa shape index (κ2) is 29.5. The highest BCUT2D eigenvalue weighted by molar-refractivity contribution is 5.88. The quantitative estimate of drug-likeness (QED) is 0.0406. The smallest absolute Gasteiger partial charge is 0.426 e. The maximum absolute atomic E-state index is 12.8. The van der Waals surface area contributed by atoms with Crippen molar-refractivity contribution in [3.63, 3.8) is 0 Å². The van der Waals surface area contributed by atoms with E-state index in [0.29, 0.717) is 49.9 Å². The van der Waals surface area contributed by atoms with Crippen molar-refractivity contribution in [3.8, 4) is 5.75 Å². The molecule has 23 heteroatoms. The zero-order chi connectivity index (χ0) is 74.7. The van der Waals surface area contributed by atoms with E-state index in [1.807, 2.05) is 62.3 Å². The van der Waals surface area contributed by atoms with Crippen LogP contribution in [0.15, 0.2) is 24.3 Å². The zero-order valence-electron chi connectivity index (χ0n) is 61.9. The van der Waals surface area contributed by atoms with Gasteiger partial charge in [-0.25, -0.2) is 4.79 Å². The van der Waals surface area contributed by atoms with Gasteiger partial charge < -0.3 is 48.5 Å². The van der Waals surface area contributed by atoms with Gasteiger partial charge in [0.1, 0.15) is 29.2 Å². The van der Waals surface area contributed by atoms with Gasteiger partial charge in [0.25, 0.3) is 5.60 Å². The number of carboxylic acid groups (broad SMARTS) is 1. The Hall–Kier alpha value is -5.03. The summed E-state index contributed by atoms with van der Waals surface area (Å²) in [5.41, 5.74) is -8.27. The molecule has 14 unspecified atom stereocenters. The van der Waals surface area contributed by atoms with Crippen LogP contribution in [0.5, 0.6) is 5.75 Å². The van der Waals surface area contributed by atoms with E-state index in [1.54, 1.807) is 46.8 Å². The molecular weight excluding hydrogens is 1310 g/mol. The van der Waals surface area contributed by atoms with Crippen LogP contribution >= 0.6 is 0 Å². The van der Waals surface area contributed by atoms with Crippen LogP contribution in [0.1, 0.15) is 262 Å². The number of esters is 6. The van der Waals surface area contributed by atoms with Gasteiger partial charge in [-0.2, -0.15) is 26.3 Å². The minimum Gasteiger partial charge on any atom is -0.478 e. The monoisotopic (exact) mass is 1420 g/mol. The molecule has 0 spiro atoms. The van der Waals surface area contributed by atoms with Crippen LogP contribution in [0.2, 0.25) is 0 Å². The van der Waals surface area contributed by atoms with Gasteiger partial charge in [-0.05, 0) is 264 Å². The van der Waals surface area contributed by atoms with Gasteiger partial charge in [0.05, 0.1) is 50.3 Å². The molecule has 9 saturated carbocycles. The molecule has 14 atom stereocenters. The number of carbonyl (C=O) groups is 7. The molecule has 0 radical (unpaired) electrons. The van der Waals surface area contributed by atoms with E-state index in [1.165, 1.54) is 44.2 Å². The van der Waals surface area contributed by atoms with Crippen molar-refractivity contribution in [1.82, 2.24) is 0 Å². The fourth-order valence-electron chi connectivity index (χ4n) is 18.1. The Balaban J connectivity index is 0.000000160. The number of benzene rings is 1. The number of ether oxygens (including phenoxy) is 7. The van der Waals surface area contributed by atoms with Crippen molar-refractivity contribution in [2.24, 2.45) is 86.3 Å². The van der Waals surface area contributed by atoms with Crippen LogP contribution in [-0.4, -0.2) is 122 Å². The Bertz CT molecular complexity index is 3100. The molecule has 566 valence electrons. The molecule has 3 aliphatic heterocycles. The number of halogens is 6. The molecule has 12 fully saturated rings. The van der Waals surface area contributed by atoms with Crippen molar-refractivity contribution in [1.29, 1.82) is 0 Å². The average Bonchev–Trinajstić information content (AvgIpc) is 1.51. The van der Waals surface area contributed by atoms with E-state index in [2.05, 4.69) is 13.8 Å². The zero-order valence-corrected chi connectivity index (χ0v) is 61.9. The number of fused-ring (bicyclic) bond motifs is 10. The summed E-state index contributed by atoms with van der Waals surface area (Å²) >= 11 is 0. The molecule has 3 heterocycles. The highest BCUT2D eigenvalue weighted by Crippen LogP contribution is 2.71. The summed E-state index contributed by atoms with van der Waals surface area (Å²) < 4.78 is 116. The molecule has 9 aliphatic carbocycles. The Morgan fingerprint density at radius 3 is 1.57 bits per heavy atom. The van der Waals surface area contributed by atoms with Crippen molar-refractivity contribution in [2.45, 2.75) is 317 Å². The van der Waals surface area contributed by atoms with Gasteiger partial charge in [-0.15, -0.1) is 0 Å². The summed E-state index contributed by atoms with van der Waals surface area (Å²) in [6.07, 6.45) is 2.80. The largest absolute Gasteiger partial charge is 0.478 e. The molecule has 13 rings (SSSR count). The van der Waals surface area contributed by atoms with E-state index >= 15 is 0 Å². The SMILES string of the molecule is CCC(C)(C)C(=O)OC1(CC)CC2CC1C1C3CCC(C3)C21.CCC(C)(C)C(=O)OC12CC3CC(CC(O)(C3)C1)C2.CCC(C)(C)C(=O)OC1C2CC3C(=O)OC1C3O2.CCC(C)(C)C(=O)OC1CCC(C(O)(C(F)(F)F)C(F)(F)F)CC1.CCC(C)(C)C(=O)Oc1cccc(C(=O)O)c1. The van der Waals surface area contributed by atoms with Crippen LogP contribution in [0, 0.1) is 86.3 Å². The second-order valence-corrected chi connectivity index (χ2v) is 34.7. The average molecular weight is 1430 g/mol. The highest BCUT2D eigenvalue weighted by Gasteiger charge is 2.74. The fraction of sp³-hybridized carbons (Fsp3) is 0.831. The standard InChI is InChI=1S/C20H32O2.C16H26O3.C15H22F6O3.C13H18O5.C13H16O4/c1-5-19(3,4)18(21)22-20(6-2)11-14-10-15(20)17-13-8-7-12(9-13)16(14)17;1-4-14(2,3)13(17)19-16-8-11-5-12(9-16)7-15(18,6-11)10-16;1-4-12(2,3)11(22)24-10-7-5-9(6-8-10)13(23,14(16,17)18)15(19,20)21;1-4-13(2,3)12(15)18-9-7-5-6-8(16-7)10(9)17-11(6)14;1-4-13(2,3)12(16)17-10-7-5-6-9(8-10)11(14)15/h12-17H,5-11H2,1-4H3;11-12,18H,4-10H2,1-3H3;9-10,23H,4-8H2,1-3H3;6-10H,4-5H2,1-3H3;5-8H,4H2,1-3H3,(H,14,15). The predicted molar refractivity (Wildman–Crippen MR) is 356 cm³/mol.